The third-order valence-electron chi connectivity index (χ3n) is 2.78. The minimum Gasteiger partial charge on any atom is -0.330 e. The number of rotatable bonds is 8. The molecule has 1 aromatic rings. The highest BCUT2D eigenvalue weighted by molar-refractivity contribution is 5.14. The molecule has 2 nitrogen and oxygen atoms in total. The second kappa shape index (κ2) is 8.04. The molecule has 94 valence electrons. The molecule has 0 unspecified atom stereocenters. The first-order valence-corrected chi connectivity index (χ1v) is 6.33. The van der Waals surface area contributed by atoms with E-state index in [0.717, 1.165) is 39.0 Å². The van der Waals surface area contributed by atoms with Gasteiger partial charge in [0.2, 0.25) is 0 Å². The monoisotopic (exact) mass is 232 g/mol. The van der Waals surface area contributed by atoms with Crippen LogP contribution >= 0.6 is 0 Å². The van der Waals surface area contributed by atoms with Crippen LogP contribution in [0.25, 0.3) is 0 Å². The lowest BCUT2D eigenvalue weighted by Gasteiger charge is -2.22. The van der Waals surface area contributed by atoms with E-state index in [1.807, 2.05) is 0 Å². The lowest BCUT2D eigenvalue weighted by atomic mass is 10.2. The van der Waals surface area contributed by atoms with Gasteiger partial charge in [-0.3, -0.25) is 4.90 Å². The first kappa shape index (κ1) is 13.9. The molecule has 0 aliphatic rings. The summed E-state index contributed by atoms with van der Waals surface area (Å²) in [5.74, 6) is 0. The summed E-state index contributed by atoms with van der Waals surface area (Å²) in [6, 6.07) is 10.6. The Balaban J connectivity index is 2.47. The number of hydrogen-bond donors (Lipinski definition) is 1. The van der Waals surface area contributed by atoms with E-state index in [0.29, 0.717) is 0 Å². The zero-order valence-corrected chi connectivity index (χ0v) is 10.9. The molecule has 0 radical (unpaired) electrons. The van der Waals surface area contributed by atoms with Gasteiger partial charge in [0.25, 0.3) is 0 Å². The van der Waals surface area contributed by atoms with E-state index in [1.165, 1.54) is 11.1 Å². The predicted molar refractivity (Wildman–Crippen MR) is 74.8 cm³/mol. The molecule has 1 rings (SSSR count). The molecule has 0 aliphatic carbocycles. The van der Waals surface area contributed by atoms with E-state index in [2.05, 4.69) is 48.7 Å². The number of nitrogens with two attached hydrogens (primary N) is 1. The zero-order chi connectivity index (χ0) is 12.5. The first-order chi connectivity index (χ1) is 8.22. The summed E-state index contributed by atoms with van der Waals surface area (Å²) in [5, 5.41) is 0. The fraction of sp³-hybridized carbons (Fsp3) is 0.467. The Morgan fingerprint density at radius 3 is 2.53 bits per heavy atom. The van der Waals surface area contributed by atoms with Crippen LogP contribution in [-0.2, 0) is 6.54 Å². The maximum Gasteiger partial charge on any atom is 0.0233 e. The fourth-order valence-electron chi connectivity index (χ4n) is 1.78. The van der Waals surface area contributed by atoms with Gasteiger partial charge < -0.3 is 5.73 Å². The largest absolute Gasteiger partial charge is 0.330 e. The highest BCUT2D eigenvalue weighted by Crippen LogP contribution is 2.07. The molecular weight excluding hydrogens is 208 g/mol. The molecule has 0 amide bonds. The van der Waals surface area contributed by atoms with Crippen LogP contribution in [0.15, 0.2) is 42.5 Å². The lowest BCUT2D eigenvalue weighted by Crippen LogP contribution is -2.27. The van der Waals surface area contributed by atoms with Gasteiger partial charge in [0, 0.05) is 13.1 Å². The molecule has 0 saturated heterocycles. The van der Waals surface area contributed by atoms with Crippen molar-refractivity contribution in [3.8, 4) is 0 Å². The second-order valence-electron chi connectivity index (χ2n) is 4.61. The van der Waals surface area contributed by atoms with Gasteiger partial charge in [-0.1, -0.05) is 35.9 Å². The van der Waals surface area contributed by atoms with E-state index in [9.17, 15) is 0 Å². The fourth-order valence-corrected chi connectivity index (χ4v) is 1.78. The Labute approximate surface area is 105 Å². The van der Waals surface area contributed by atoms with Gasteiger partial charge in [-0.25, -0.2) is 0 Å². The Kier molecular flexibility index (Phi) is 6.60. The van der Waals surface area contributed by atoms with Crippen molar-refractivity contribution in [1.82, 2.24) is 4.90 Å². The maximum atomic E-state index is 5.58. The van der Waals surface area contributed by atoms with Crippen LogP contribution in [0.2, 0.25) is 0 Å². The standard InChI is InChI=1S/C15H24N2/c1-14(2)9-12-17(11-6-10-16)13-15-7-4-3-5-8-15/h3-5,7-8H,1,6,9-13,16H2,2H3. The predicted octanol–water partition coefficient (Wildman–Crippen LogP) is 2.80. The average Bonchev–Trinajstić information content (AvgIpc) is 2.34. The third kappa shape index (κ3) is 6.25. The summed E-state index contributed by atoms with van der Waals surface area (Å²) in [6.45, 7) is 9.96. The maximum absolute atomic E-state index is 5.58. The van der Waals surface area contributed by atoms with Crippen LogP contribution in [0.1, 0.15) is 25.3 Å². The van der Waals surface area contributed by atoms with E-state index in [1.54, 1.807) is 0 Å². The molecule has 2 N–H and O–H groups in total. The van der Waals surface area contributed by atoms with E-state index < -0.39 is 0 Å². The van der Waals surface area contributed by atoms with Crippen LogP contribution in [0.3, 0.4) is 0 Å². The summed E-state index contributed by atoms with van der Waals surface area (Å²) in [4.78, 5) is 2.46. The Morgan fingerprint density at radius 2 is 1.94 bits per heavy atom. The minimum absolute atomic E-state index is 0.762. The van der Waals surface area contributed by atoms with E-state index in [-0.39, 0.29) is 0 Å². The van der Waals surface area contributed by atoms with Crippen molar-refractivity contribution in [2.24, 2.45) is 5.73 Å². The second-order valence-corrected chi connectivity index (χ2v) is 4.61. The Hall–Kier alpha value is -1.12. The minimum atomic E-state index is 0.762. The molecule has 2 heteroatoms. The smallest absolute Gasteiger partial charge is 0.0233 e. The Morgan fingerprint density at radius 1 is 1.24 bits per heavy atom. The van der Waals surface area contributed by atoms with Gasteiger partial charge in [0.1, 0.15) is 0 Å². The summed E-state index contributed by atoms with van der Waals surface area (Å²) in [7, 11) is 0. The number of hydrogen-bond acceptors (Lipinski definition) is 2. The average molecular weight is 232 g/mol. The molecule has 0 atom stereocenters. The SMILES string of the molecule is C=C(C)CCN(CCCN)Cc1ccccc1. The normalized spacial score (nSPS) is 10.8. The number of benzene rings is 1. The van der Waals surface area contributed by atoms with Crippen molar-refractivity contribution in [3.63, 3.8) is 0 Å². The van der Waals surface area contributed by atoms with Crippen molar-refractivity contribution in [1.29, 1.82) is 0 Å². The van der Waals surface area contributed by atoms with Crippen LogP contribution in [0, 0.1) is 0 Å². The molecule has 0 heterocycles. The van der Waals surface area contributed by atoms with Crippen LogP contribution in [0.4, 0.5) is 0 Å². The molecule has 0 aromatic heterocycles. The molecule has 1 aromatic carbocycles. The number of nitrogens with zero attached hydrogens (tertiary/aromatic N) is 1. The third-order valence-corrected chi connectivity index (χ3v) is 2.78. The van der Waals surface area contributed by atoms with Gasteiger partial charge in [-0.15, -0.1) is 6.58 Å². The molecule has 0 bridgehead atoms. The summed E-state index contributed by atoms with van der Waals surface area (Å²) in [6.07, 6.45) is 2.13. The summed E-state index contributed by atoms with van der Waals surface area (Å²) in [5.41, 5.74) is 8.19. The van der Waals surface area contributed by atoms with E-state index in [4.69, 9.17) is 5.73 Å². The van der Waals surface area contributed by atoms with Crippen molar-refractivity contribution in [2.45, 2.75) is 26.3 Å². The summed E-state index contributed by atoms with van der Waals surface area (Å²) >= 11 is 0. The highest BCUT2D eigenvalue weighted by Gasteiger charge is 2.05. The lowest BCUT2D eigenvalue weighted by molar-refractivity contribution is 0.267. The van der Waals surface area contributed by atoms with E-state index >= 15 is 0 Å². The molecule has 0 aliphatic heterocycles. The molecule has 17 heavy (non-hydrogen) atoms. The zero-order valence-electron chi connectivity index (χ0n) is 10.9. The summed E-state index contributed by atoms with van der Waals surface area (Å²) < 4.78 is 0. The van der Waals surface area contributed by atoms with Gasteiger partial charge in [-0.05, 0) is 38.4 Å². The first-order valence-electron chi connectivity index (χ1n) is 6.33. The van der Waals surface area contributed by atoms with Crippen molar-refractivity contribution in [2.75, 3.05) is 19.6 Å². The topological polar surface area (TPSA) is 29.3 Å². The van der Waals surface area contributed by atoms with Crippen LogP contribution in [-0.4, -0.2) is 24.5 Å². The van der Waals surface area contributed by atoms with Crippen LogP contribution in [0.5, 0.6) is 0 Å². The quantitative estimate of drug-likeness (QED) is 0.698. The molecule has 0 fully saturated rings. The van der Waals surface area contributed by atoms with Crippen molar-refractivity contribution >= 4 is 0 Å². The van der Waals surface area contributed by atoms with Gasteiger partial charge in [-0.2, -0.15) is 0 Å². The van der Waals surface area contributed by atoms with Gasteiger partial charge in [0.15, 0.2) is 0 Å². The van der Waals surface area contributed by atoms with Crippen LogP contribution < -0.4 is 5.73 Å². The van der Waals surface area contributed by atoms with Gasteiger partial charge >= 0.3 is 0 Å². The molecule has 0 spiro atoms. The van der Waals surface area contributed by atoms with Gasteiger partial charge in [0.05, 0.1) is 0 Å². The molecule has 0 saturated carbocycles. The Bertz CT molecular complexity index is 319. The van der Waals surface area contributed by atoms with Crippen molar-refractivity contribution in [3.05, 3.63) is 48.0 Å². The highest BCUT2D eigenvalue weighted by atomic mass is 15.1. The molecular formula is C15H24N2. The van der Waals surface area contributed by atoms with Crippen molar-refractivity contribution < 1.29 is 0 Å².